The molecule has 8 nitrogen and oxygen atoms in total. The maximum absolute atomic E-state index is 13.7. The van der Waals surface area contributed by atoms with E-state index in [-0.39, 0.29) is 17.7 Å². The van der Waals surface area contributed by atoms with Crippen molar-refractivity contribution in [2.75, 3.05) is 13.7 Å². The second-order valence-electron chi connectivity index (χ2n) is 7.91. The SMILES string of the molecule is C=CCOC(=O)C1=C(C)N=c2s/c(=C/c3cccc(OC(C)=O)c3)c(=O)n2[C@@H]1c1ccc(OC)cc1. The lowest BCUT2D eigenvalue weighted by Crippen LogP contribution is -2.39. The topological polar surface area (TPSA) is 96.2 Å². The Morgan fingerprint density at radius 3 is 2.58 bits per heavy atom. The normalized spacial score (nSPS) is 15.1. The number of carbonyl (C=O) groups is 2. The molecule has 9 heteroatoms. The molecule has 2 aromatic carbocycles. The van der Waals surface area contributed by atoms with Crippen LogP contribution in [0.2, 0.25) is 0 Å². The number of aromatic nitrogens is 1. The molecular formula is C27H24N2O6S. The summed E-state index contributed by atoms with van der Waals surface area (Å²) in [6, 6.07) is 13.3. The molecule has 0 radical (unpaired) electrons. The van der Waals surface area contributed by atoms with Crippen molar-refractivity contribution in [1.82, 2.24) is 4.57 Å². The molecule has 0 spiro atoms. The second-order valence-corrected chi connectivity index (χ2v) is 8.92. The number of allylic oxidation sites excluding steroid dienone is 1. The van der Waals surface area contributed by atoms with Gasteiger partial charge in [0.05, 0.1) is 29.0 Å². The summed E-state index contributed by atoms with van der Waals surface area (Å²) in [7, 11) is 1.57. The predicted molar refractivity (Wildman–Crippen MR) is 136 cm³/mol. The molecule has 0 aliphatic carbocycles. The zero-order chi connectivity index (χ0) is 25.8. The van der Waals surface area contributed by atoms with Gasteiger partial charge in [0, 0.05) is 6.92 Å². The van der Waals surface area contributed by atoms with E-state index in [0.717, 1.165) is 0 Å². The van der Waals surface area contributed by atoms with Crippen molar-refractivity contribution in [1.29, 1.82) is 0 Å². The summed E-state index contributed by atoms with van der Waals surface area (Å²) in [4.78, 5) is 43.0. The van der Waals surface area contributed by atoms with Crippen LogP contribution in [0.1, 0.15) is 31.0 Å². The molecule has 0 amide bonds. The van der Waals surface area contributed by atoms with E-state index in [2.05, 4.69) is 11.6 Å². The molecule has 3 aromatic rings. The van der Waals surface area contributed by atoms with Gasteiger partial charge in [-0.25, -0.2) is 9.79 Å². The first kappa shape index (κ1) is 24.9. The van der Waals surface area contributed by atoms with Gasteiger partial charge in [0.25, 0.3) is 5.56 Å². The molecule has 184 valence electrons. The van der Waals surface area contributed by atoms with Crippen LogP contribution < -0.4 is 24.4 Å². The number of hydrogen-bond acceptors (Lipinski definition) is 8. The van der Waals surface area contributed by atoms with Crippen molar-refractivity contribution in [2.45, 2.75) is 19.9 Å². The number of carbonyl (C=O) groups excluding carboxylic acids is 2. The van der Waals surface area contributed by atoms with Gasteiger partial charge in [0.2, 0.25) is 0 Å². The number of ether oxygens (including phenoxy) is 3. The monoisotopic (exact) mass is 504 g/mol. The molecule has 0 N–H and O–H groups in total. The zero-order valence-corrected chi connectivity index (χ0v) is 20.8. The summed E-state index contributed by atoms with van der Waals surface area (Å²) in [5.74, 6) is 0.0243. The van der Waals surface area contributed by atoms with Crippen molar-refractivity contribution in [3.05, 3.63) is 103 Å². The molecule has 2 heterocycles. The summed E-state index contributed by atoms with van der Waals surface area (Å²) in [6.45, 7) is 6.67. The van der Waals surface area contributed by atoms with Crippen LogP contribution in [0.25, 0.3) is 6.08 Å². The Bertz CT molecular complexity index is 1550. The largest absolute Gasteiger partial charge is 0.497 e. The molecule has 1 atom stereocenters. The van der Waals surface area contributed by atoms with Gasteiger partial charge in [0.1, 0.15) is 18.1 Å². The zero-order valence-electron chi connectivity index (χ0n) is 20.0. The minimum Gasteiger partial charge on any atom is -0.497 e. The third kappa shape index (κ3) is 5.06. The molecule has 36 heavy (non-hydrogen) atoms. The number of nitrogens with zero attached hydrogens (tertiary/aromatic N) is 2. The number of fused-ring (bicyclic) bond motifs is 1. The van der Waals surface area contributed by atoms with Gasteiger partial charge in [-0.05, 0) is 48.4 Å². The Labute approximate surface area is 211 Å². The van der Waals surface area contributed by atoms with E-state index >= 15 is 0 Å². The lowest BCUT2D eigenvalue weighted by Gasteiger charge is -2.24. The van der Waals surface area contributed by atoms with Crippen molar-refractivity contribution in [3.8, 4) is 11.5 Å². The molecule has 1 aliphatic rings. The van der Waals surface area contributed by atoms with Gasteiger partial charge < -0.3 is 14.2 Å². The average molecular weight is 505 g/mol. The Hall–Kier alpha value is -4.24. The smallest absolute Gasteiger partial charge is 0.338 e. The van der Waals surface area contributed by atoms with E-state index in [1.165, 1.54) is 28.9 Å². The summed E-state index contributed by atoms with van der Waals surface area (Å²) in [6.07, 6.45) is 3.19. The highest BCUT2D eigenvalue weighted by Gasteiger charge is 2.33. The van der Waals surface area contributed by atoms with Gasteiger partial charge in [-0.2, -0.15) is 0 Å². The van der Waals surface area contributed by atoms with Crippen molar-refractivity contribution < 1.29 is 23.8 Å². The van der Waals surface area contributed by atoms with E-state index in [4.69, 9.17) is 14.2 Å². The van der Waals surface area contributed by atoms with Crippen LogP contribution in [-0.2, 0) is 14.3 Å². The third-order valence-electron chi connectivity index (χ3n) is 5.42. The van der Waals surface area contributed by atoms with Crippen LogP contribution in [0, 0.1) is 0 Å². The number of rotatable bonds is 7. The molecule has 0 unspecified atom stereocenters. The molecule has 0 saturated heterocycles. The fourth-order valence-corrected chi connectivity index (χ4v) is 4.93. The first-order valence-electron chi connectivity index (χ1n) is 11.1. The van der Waals surface area contributed by atoms with Crippen molar-refractivity contribution in [2.24, 2.45) is 4.99 Å². The summed E-state index contributed by atoms with van der Waals surface area (Å²) in [5, 5.41) is 0. The fourth-order valence-electron chi connectivity index (χ4n) is 3.88. The highest BCUT2D eigenvalue weighted by atomic mass is 32.1. The quantitative estimate of drug-likeness (QED) is 0.279. The fraction of sp³-hybridized carbons (Fsp3) is 0.185. The standard InChI is InChI=1S/C27H24N2O6S/c1-5-13-34-26(32)23-16(2)28-27-29(24(23)19-9-11-20(33-4)12-10-19)25(31)22(36-27)15-18-7-6-8-21(14-18)35-17(3)30/h5-12,14-15,24H,1,13H2,2-4H3/b22-15+/t24-/m1/s1. The highest BCUT2D eigenvalue weighted by molar-refractivity contribution is 7.07. The number of benzene rings is 2. The Balaban J connectivity index is 1.88. The molecule has 4 rings (SSSR count). The maximum Gasteiger partial charge on any atom is 0.338 e. The van der Waals surface area contributed by atoms with Gasteiger partial charge in [0.15, 0.2) is 4.80 Å². The van der Waals surface area contributed by atoms with E-state index in [9.17, 15) is 14.4 Å². The lowest BCUT2D eigenvalue weighted by molar-refractivity contribution is -0.138. The van der Waals surface area contributed by atoms with Crippen LogP contribution in [0.4, 0.5) is 0 Å². The lowest BCUT2D eigenvalue weighted by atomic mass is 9.96. The van der Waals surface area contributed by atoms with E-state index in [1.807, 2.05) is 12.1 Å². The summed E-state index contributed by atoms with van der Waals surface area (Å²) >= 11 is 1.21. The molecule has 0 bridgehead atoms. The Morgan fingerprint density at radius 2 is 1.92 bits per heavy atom. The van der Waals surface area contributed by atoms with Gasteiger partial charge >= 0.3 is 11.9 Å². The van der Waals surface area contributed by atoms with Crippen molar-refractivity contribution in [3.63, 3.8) is 0 Å². The molecule has 0 saturated carbocycles. The summed E-state index contributed by atoms with van der Waals surface area (Å²) < 4.78 is 17.7. The van der Waals surface area contributed by atoms with E-state index in [1.54, 1.807) is 56.5 Å². The van der Waals surface area contributed by atoms with Gasteiger partial charge in [-0.15, -0.1) is 0 Å². The predicted octanol–water partition coefficient (Wildman–Crippen LogP) is 2.90. The number of methoxy groups -OCH3 is 1. The highest BCUT2D eigenvalue weighted by Crippen LogP contribution is 2.31. The summed E-state index contributed by atoms with van der Waals surface area (Å²) in [5.41, 5.74) is 1.83. The van der Waals surface area contributed by atoms with Crippen LogP contribution in [-0.4, -0.2) is 30.2 Å². The van der Waals surface area contributed by atoms with Gasteiger partial charge in [-0.3, -0.25) is 14.2 Å². The maximum atomic E-state index is 13.7. The molecule has 0 fully saturated rings. The third-order valence-corrected chi connectivity index (χ3v) is 6.41. The first-order valence-corrected chi connectivity index (χ1v) is 11.9. The second kappa shape index (κ2) is 10.6. The van der Waals surface area contributed by atoms with Crippen LogP contribution in [0.15, 0.2) is 82.2 Å². The Morgan fingerprint density at radius 1 is 1.17 bits per heavy atom. The first-order chi connectivity index (χ1) is 17.3. The average Bonchev–Trinajstić information content (AvgIpc) is 3.15. The van der Waals surface area contributed by atoms with Gasteiger partial charge in [-0.1, -0.05) is 48.3 Å². The molecule has 1 aliphatic heterocycles. The van der Waals surface area contributed by atoms with Crippen LogP contribution in [0.5, 0.6) is 11.5 Å². The number of thiazole rings is 1. The van der Waals surface area contributed by atoms with Crippen LogP contribution in [0.3, 0.4) is 0 Å². The number of hydrogen-bond donors (Lipinski definition) is 0. The van der Waals surface area contributed by atoms with E-state index < -0.39 is 18.0 Å². The van der Waals surface area contributed by atoms with E-state index in [0.29, 0.717) is 37.7 Å². The molecular weight excluding hydrogens is 480 g/mol. The number of esters is 2. The Kier molecular flexibility index (Phi) is 7.30. The molecule has 1 aromatic heterocycles. The van der Waals surface area contributed by atoms with Crippen molar-refractivity contribution >= 4 is 29.4 Å². The minimum absolute atomic E-state index is 0.0358. The van der Waals surface area contributed by atoms with Crippen LogP contribution >= 0.6 is 11.3 Å². The minimum atomic E-state index is -0.737.